The lowest BCUT2D eigenvalue weighted by Gasteiger charge is -2.34. The van der Waals surface area contributed by atoms with Crippen molar-refractivity contribution in [3.63, 3.8) is 0 Å². The third-order valence-electron chi connectivity index (χ3n) is 4.51. The molecule has 142 valence electrons. The summed E-state index contributed by atoms with van der Waals surface area (Å²) in [6.07, 6.45) is 1.11. The van der Waals surface area contributed by atoms with Gasteiger partial charge in [0.15, 0.2) is 14.6 Å². The molecule has 1 fully saturated rings. The summed E-state index contributed by atoms with van der Waals surface area (Å²) in [7, 11) is -2.07. The van der Waals surface area contributed by atoms with Crippen LogP contribution in [0.3, 0.4) is 0 Å². The fraction of sp³-hybridized carbons (Fsp3) is 0.562. The zero-order valence-corrected chi connectivity index (χ0v) is 15.9. The van der Waals surface area contributed by atoms with E-state index in [9.17, 15) is 17.6 Å². The normalized spacial score (nSPS) is 18.0. The summed E-state index contributed by atoms with van der Waals surface area (Å²) in [4.78, 5) is 12.6. The van der Waals surface area contributed by atoms with Gasteiger partial charge in [-0.25, -0.2) is 12.8 Å². The molecule has 1 aliphatic rings. The molecule has 0 aliphatic carbocycles. The third-order valence-corrected chi connectivity index (χ3v) is 6.52. The van der Waals surface area contributed by atoms with Crippen LogP contribution in [-0.2, 0) is 19.4 Å². The van der Waals surface area contributed by atoms with Gasteiger partial charge in [-0.3, -0.25) is 4.79 Å². The highest BCUT2D eigenvalue weighted by molar-refractivity contribution is 7.92. The van der Waals surface area contributed by atoms with E-state index in [0.717, 1.165) is 6.26 Å². The maximum absolute atomic E-state index is 13.0. The number of carbonyl (C=O) groups excluding carboxylic acids is 1. The number of ether oxygens (including phenoxy) is 1. The van der Waals surface area contributed by atoms with Crippen LogP contribution in [0.1, 0.15) is 24.5 Å². The standard InChI is InChI=1S/C16H23FN2O4S.ClH/c1-23-14(12-3-5-13(17)6-4-12)11-19-15(20)16(24(2,21)22)7-9-18-10-8-16;/h3-6,14,18H,7-11H2,1-2H3,(H,19,20);1H. The first-order valence-electron chi connectivity index (χ1n) is 7.77. The summed E-state index contributed by atoms with van der Waals surface area (Å²) in [5.41, 5.74) is 0.706. The number of hydrogen-bond donors (Lipinski definition) is 2. The predicted molar refractivity (Wildman–Crippen MR) is 96.1 cm³/mol. The van der Waals surface area contributed by atoms with E-state index in [4.69, 9.17) is 4.74 Å². The molecule has 0 radical (unpaired) electrons. The Kier molecular flexibility index (Phi) is 7.80. The molecule has 1 aliphatic heterocycles. The van der Waals surface area contributed by atoms with Gasteiger partial charge in [-0.2, -0.15) is 0 Å². The second kappa shape index (κ2) is 8.93. The number of methoxy groups -OCH3 is 1. The molecule has 0 aromatic heterocycles. The van der Waals surface area contributed by atoms with Gasteiger partial charge in [0.25, 0.3) is 0 Å². The Bertz CT molecular complexity index is 676. The van der Waals surface area contributed by atoms with Gasteiger partial charge < -0.3 is 15.4 Å². The van der Waals surface area contributed by atoms with Gasteiger partial charge in [0.1, 0.15) is 5.82 Å². The number of benzene rings is 1. The lowest BCUT2D eigenvalue weighted by atomic mass is 9.95. The van der Waals surface area contributed by atoms with Crippen molar-refractivity contribution in [3.8, 4) is 0 Å². The van der Waals surface area contributed by atoms with E-state index in [1.54, 1.807) is 12.1 Å². The average Bonchev–Trinajstić information content (AvgIpc) is 2.56. The molecule has 2 rings (SSSR count). The van der Waals surface area contributed by atoms with Crippen molar-refractivity contribution < 1.29 is 22.3 Å². The Hall–Kier alpha value is -1.22. The van der Waals surface area contributed by atoms with E-state index in [1.165, 1.54) is 19.2 Å². The largest absolute Gasteiger partial charge is 0.375 e. The Balaban J connectivity index is 0.00000312. The molecule has 1 aromatic rings. The van der Waals surface area contributed by atoms with Crippen molar-refractivity contribution in [2.24, 2.45) is 0 Å². The molecule has 0 saturated carbocycles. The minimum absolute atomic E-state index is 0. The number of halogens is 2. The van der Waals surface area contributed by atoms with Gasteiger partial charge in [-0.1, -0.05) is 12.1 Å². The molecule has 1 heterocycles. The Morgan fingerprint density at radius 3 is 2.36 bits per heavy atom. The van der Waals surface area contributed by atoms with Gasteiger partial charge in [-0.15, -0.1) is 12.4 Å². The highest BCUT2D eigenvalue weighted by Crippen LogP contribution is 2.28. The highest BCUT2D eigenvalue weighted by Gasteiger charge is 2.48. The Labute approximate surface area is 153 Å². The molecule has 1 saturated heterocycles. The molecule has 0 bridgehead atoms. The highest BCUT2D eigenvalue weighted by atomic mass is 35.5. The van der Waals surface area contributed by atoms with Crippen molar-refractivity contribution in [3.05, 3.63) is 35.6 Å². The summed E-state index contributed by atoms with van der Waals surface area (Å²) in [6.45, 7) is 1.07. The number of amides is 1. The predicted octanol–water partition coefficient (Wildman–Crippen LogP) is 1.22. The van der Waals surface area contributed by atoms with E-state index in [0.29, 0.717) is 18.7 Å². The van der Waals surface area contributed by atoms with Crippen LogP contribution in [-0.4, -0.2) is 52.1 Å². The van der Waals surface area contributed by atoms with Gasteiger partial charge in [-0.05, 0) is 43.6 Å². The van der Waals surface area contributed by atoms with Crippen molar-refractivity contribution in [1.82, 2.24) is 10.6 Å². The molecule has 1 atom stereocenters. The average molecular weight is 395 g/mol. The summed E-state index contributed by atoms with van der Waals surface area (Å²) >= 11 is 0. The molecular formula is C16H24ClFN2O4S. The first kappa shape index (κ1) is 21.8. The molecule has 25 heavy (non-hydrogen) atoms. The zero-order chi connectivity index (χ0) is 17.8. The number of rotatable bonds is 6. The first-order valence-corrected chi connectivity index (χ1v) is 9.66. The third kappa shape index (κ3) is 4.91. The summed E-state index contributed by atoms with van der Waals surface area (Å²) in [6, 6.07) is 5.78. The van der Waals surface area contributed by atoms with Crippen LogP contribution in [0.5, 0.6) is 0 Å². The van der Waals surface area contributed by atoms with E-state index < -0.39 is 26.6 Å². The van der Waals surface area contributed by atoms with Crippen LogP contribution in [0.4, 0.5) is 4.39 Å². The SMILES string of the molecule is COC(CNC(=O)C1(S(C)(=O)=O)CCNCC1)c1ccc(F)cc1.Cl. The van der Waals surface area contributed by atoms with Gasteiger partial charge >= 0.3 is 0 Å². The van der Waals surface area contributed by atoms with Crippen molar-refractivity contribution in [1.29, 1.82) is 0 Å². The maximum atomic E-state index is 13.0. The number of nitrogens with one attached hydrogen (secondary N) is 2. The van der Waals surface area contributed by atoms with Crippen LogP contribution in [0.15, 0.2) is 24.3 Å². The van der Waals surface area contributed by atoms with Crippen molar-refractivity contribution >= 4 is 28.2 Å². The molecule has 9 heteroatoms. The van der Waals surface area contributed by atoms with Crippen LogP contribution >= 0.6 is 12.4 Å². The second-order valence-electron chi connectivity index (χ2n) is 6.00. The minimum Gasteiger partial charge on any atom is -0.375 e. The number of piperidine rings is 1. The molecule has 1 amide bonds. The van der Waals surface area contributed by atoms with Crippen LogP contribution in [0, 0.1) is 5.82 Å². The first-order chi connectivity index (χ1) is 11.3. The fourth-order valence-corrected chi connectivity index (χ4v) is 4.31. The molecule has 1 unspecified atom stereocenters. The minimum atomic E-state index is -3.55. The fourth-order valence-electron chi connectivity index (χ4n) is 2.96. The number of carbonyl (C=O) groups is 1. The topological polar surface area (TPSA) is 84.5 Å². The summed E-state index contributed by atoms with van der Waals surface area (Å²) < 4.78 is 41.4. The van der Waals surface area contributed by atoms with Crippen LogP contribution in [0.25, 0.3) is 0 Å². The van der Waals surface area contributed by atoms with Crippen molar-refractivity contribution in [2.45, 2.75) is 23.7 Å². The Morgan fingerprint density at radius 2 is 1.88 bits per heavy atom. The molecule has 6 nitrogen and oxygen atoms in total. The van der Waals surface area contributed by atoms with Crippen LogP contribution < -0.4 is 10.6 Å². The van der Waals surface area contributed by atoms with Gasteiger partial charge in [0, 0.05) is 19.9 Å². The van der Waals surface area contributed by atoms with Crippen LogP contribution in [0.2, 0.25) is 0 Å². The number of sulfone groups is 1. The quantitative estimate of drug-likeness (QED) is 0.757. The molecule has 1 aromatic carbocycles. The smallest absolute Gasteiger partial charge is 0.241 e. The van der Waals surface area contributed by atoms with E-state index in [2.05, 4.69) is 10.6 Å². The maximum Gasteiger partial charge on any atom is 0.241 e. The molecule has 2 N–H and O–H groups in total. The van der Waals surface area contributed by atoms with E-state index in [1.807, 2.05) is 0 Å². The Morgan fingerprint density at radius 1 is 1.32 bits per heavy atom. The number of hydrogen-bond acceptors (Lipinski definition) is 5. The molecular weight excluding hydrogens is 371 g/mol. The van der Waals surface area contributed by atoms with E-state index in [-0.39, 0.29) is 37.6 Å². The molecule has 0 spiro atoms. The lowest BCUT2D eigenvalue weighted by Crippen LogP contribution is -2.57. The summed E-state index contributed by atoms with van der Waals surface area (Å²) in [5.74, 6) is -0.862. The summed E-state index contributed by atoms with van der Waals surface area (Å²) in [5, 5.41) is 5.77. The van der Waals surface area contributed by atoms with Gasteiger partial charge in [0.05, 0.1) is 6.10 Å². The zero-order valence-electron chi connectivity index (χ0n) is 14.2. The second-order valence-corrected chi connectivity index (χ2v) is 8.33. The van der Waals surface area contributed by atoms with Gasteiger partial charge in [0.2, 0.25) is 5.91 Å². The lowest BCUT2D eigenvalue weighted by molar-refractivity contribution is -0.124. The van der Waals surface area contributed by atoms with Crippen molar-refractivity contribution in [2.75, 3.05) is 33.0 Å². The van der Waals surface area contributed by atoms with E-state index >= 15 is 0 Å². The monoisotopic (exact) mass is 394 g/mol.